The lowest BCUT2D eigenvalue weighted by atomic mass is 9.87. The van der Waals surface area contributed by atoms with Crippen LogP contribution in [0.5, 0.6) is 11.5 Å². The molecular formula is C35H41BrN2O4. The molecule has 7 heteroatoms. The predicted octanol–water partition coefficient (Wildman–Crippen LogP) is 7.67. The molecule has 2 amide bonds. The zero-order chi connectivity index (χ0) is 30.4. The van der Waals surface area contributed by atoms with E-state index in [1.807, 2.05) is 51.1 Å². The smallest absolute Gasteiger partial charge is 0.249 e. The normalized spacial score (nSPS) is 15.6. The molecule has 1 saturated heterocycles. The fourth-order valence-corrected chi connectivity index (χ4v) is 5.92. The number of carbonyl (C=O) groups excluding carboxylic acids is 2. The molecule has 0 bridgehead atoms. The Hall–Kier alpha value is -3.58. The van der Waals surface area contributed by atoms with Crippen LogP contribution in [-0.2, 0) is 21.6 Å². The number of ether oxygens (including phenoxy) is 2. The topological polar surface area (TPSA) is 67.9 Å². The third-order valence-electron chi connectivity index (χ3n) is 7.39. The number of rotatable bonds is 9. The number of amides is 2. The zero-order valence-electron chi connectivity index (χ0n) is 25.4. The highest BCUT2D eigenvalue weighted by molar-refractivity contribution is 9.10. The Labute approximate surface area is 258 Å². The molecule has 222 valence electrons. The van der Waals surface area contributed by atoms with Crippen LogP contribution in [0, 0.1) is 13.8 Å². The summed E-state index contributed by atoms with van der Waals surface area (Å²) in [4.78, 5) is 28.0. The predicted molar refractivity (Wildman–Crippen MR) is 173 cm³/mol. The average Bonchev–Trinajstić information content (AvgIpc) is 2.93. The molecule has 42 heavy (non-hydrogen) atoms. The molecule has 0 aromatic heterocycles. The lowest BCUT2D eigenvalue weighted by molar-refractivity contribution is -0.126. The summed E-state index contributed by atoms with van der Waals surface area (Å²) >= 11 is 3.53. The van der Waals surface area contributed by atoms with Gasteiger partial charge in [-0.2, -0.15) is 0 Å². The van der Waals surface area contributed by atoms with Crippen LogP contribution in [0.2, 0.25) is 0 Å². The van der Waals surface area contributed by atoms with Crippen molar-refractivity contribution in [3.05, 3.63) is 93.0 Å². The minimum Gasteiger partial charge on any atom is -0.490 e. The van der Waals surface area contributed by atoms with Crippen LogP contribution >= 0.6 is 15.9 Å². The van der Waals surface area contributed by atoms with E-state index in [1.165, 1.54) is 11.6 Å². The first-order valence-electron chi connectivity index (χ1n) is 14.5. The second-order valence-corrected chi connectivity index (χ2v) is 12.7. The summed E-state index contributed by atoms with van der Waals surface area (Å²) in [6, 6.07) is 17.5. The molecule has 1 atom stereocenters. The van der Waals surface area contributed by atoms with Crippen LogP contribution in [0.15, 0.2) is 65.1 Å². The van der Waals surface area contributed by atoms with Gasteiger partial charge in [0.05, 0.1) is 6.61 Å². The molecule has 1 aliphatic rings. The molecule has 0 saturated carbocycles. The summed E-state index contributed by atoms with van der Waals surface area (Å²) in [5.74, 6) is 0.871. The molecule has 1 aliphatic heterocycles. The number of nitrogens with one attached hydrogen (secondary N) is 1. The lowest BCUT2D eigenvalue weighted by Gasteiger charge is -2.34. The Morgan fingerprint density at radius 2 is 1.71 bits per heavy atom. The number of nitrogens with zero attached hydrogens (tertiary/aromatic N) is 1. The summed E-state index contributed by atoms with van der Waals surface area (Å²) in [5, 5.41) is 2.91. The Bertz CT molecular complexity index is 1430. The first-order chi connectivity index (χ1) is 20.0. The molecule has 1 N–H and O–H groups in total. The van der Waals surface area contributed by atoms with Gasteiger partial charge in [0.2, 0.25) is 11.8 Å². The van der Waals surface area contributed by atoms with Gasteiger partial charge < -0.3 is 19.7 Å². The van der Waals surface area contributed by atoms with E-state index in [0.717, 1.165) is 38.8 Å². The number of carbonyl (C=O) groups is 2. The number of anilines is 1. The van der Waals surface area contributed by atoms with E-state index in [2.05, 4.69) is 66.3 Å². The fourth-order valence-electron chi connectivity index (χ4n) is 5.23. The highest BCUT2D eigenvalue weighted by Crippen LogP contribution is 2.32. The van der Waals surface area contributed by atoms with E-state index >= 15 is 0 Å². The van der Waals surface area contributed by atoms with Gasteiger partial charge in [-0.25, -0.2) is 0 Å². The zero-order valence-corrected chi connectivity index (χ0v) is 27.0. The maximum atomic E-state index is 13.3. The summed E-state index contributed by atoms with van der Waals surface area (Å²) in [6.07, 6.45) is 4.61. The number of hydrogen-bond donors (Lipinski definition) is 1. The first-order valence-corrected chi connectivity index (χ1v) is 15.3. The molecule has 0 aliphatic carbocycles. The van der Waals surface area contributed by atoms with Crippen LogP contribution in [0.1, 0.15) is 68.4 Å². The molecular weight excluding hydrogens is 592 g/mol. The van der Waals surface area contributed by atoms with Gasteiger partial charge in [0.15, 0.2) is 11.5 Å². The second-order valence-electron chi connectivity index (χ2n) is 11.8. The van der Waals surface area contributed by atoms with E-state index in [1.54, 1.807) is 11.0 Å². The molecule has 4 rings (SSSR count). The number of aryl methyl sites for hydroxylation is 2. The van der Waals surface area contributed by atoms with Gasteiger partial charge in [0.1, 0.15) is 12.6 Å². The van der Waals surface area contributed by atoms with Gasteiger partial charge in [-0.3, -0.25) is 9.59 Å². The molecule has 1 unspecified atom stereocenters. The van der Waals surface area contributed by atoms with Crippen LogP contribution in [0.4, 0.5) is 5.69 Å². The first kappa shape index (κ1) is 31.4. The van der Waals surface area contributed by atoms with E-state index in [9.17, 15) is 9.59 Å². The summed E-state index contributed by atoms with van der Waals surface area (Å²) < 4.78 is 12.9. The van der Waals surface area contributed by atoms with Crippen molar-refractivity contribution in [2.75, 3.05) is 18.1 Å². The maximum absolute atomic E-state index is 13.3. The summed E-state index contributed by atoms with van der Waals surface area (Å²) in [5.41, 5.74) is 6.23. The van der Waals surface area contributed by atoms with Crippen molar-refractivity contribution in [2.24, 2.45) is 0 Å². The standard InChI is InChI=1S/C35H41BrN2O4/c1-7-41-31-21-25(12-16-30(31)42-22-26-10-14-27(15-11-26)35(4,5)6)13-17-32(39)37-29-9-8-18-38(34(29)40)33-23(2)19-28(36)20-24(33)3/h10-17,19-21,29H,7-9,18,22H2,1-6H3,(H,37,39)/b17-13+. The number of benzene rings is 3. The van der Waals surface area contributed by atoms with Crippen molar-refractivity contribution in [1.82, 2.24) is 5.32 Å². The van der Waals surface area contributed by atoms with E-state index in [0.29, 0.717) is 37.7 Å². The Kier molecular flexibility index (Phi) is 10.2. The highest BCUT2D eigenvalue weighted by Gasteiger charge is 2.32. The van der Waals surface area contributed by atoms with Crippen molar-refractivity contribution >= 4 is 39.5 Å². The molecule has 0 spiro atoms. The number of halogens is 1. The molecule has 3 aromatic carbocycles. The van der Waals surface area contributed by atoms with E-state index in [-0.39, 0.29) is 17.2 Å². The highest BCUT2D eigenvalue weighted by atomic mass is 79.9. The van der Waals surface area contributed by atoms with E-state index < -0.39 is 6.04 Å². The number of piperidine rings is 1. The van der Waals surface area contributed by atoms with Gasteiger partial charge in [0, 0.05) is 22.8 Å². The SMILES string of the molecule is CCOc1cc(/C=C/C(=O)NC2CCCN(c3c(C)cc(Br)cc3C)C2=O)ccc1OCc1ccc(C(C)(C)C)cc1. The summed E-state index contributed by atoms with van der Waals surface area (Å²) in [6.45, 7) is 14.1. The van der Waals surface area contributed by atoms with E-state index in [4.69, 9.17) is 9.47 Å². The quantitative estimate of drug-likeness (QED) is 0.246. The van der Waals surface area contributed by atoms with Crippen LogP contribution in [0.3, 0.4) is 0 Å². The minimum atomic E-state index is -0.564. The van der Waals surface area contributed by atoms with Gasteiger partial charge >= 0.3 is 0 Å². The van der Waals surface area contributed by atoms with Crippen molar-refractivity contribution in [2.45, 2.75) is 72.4 Å². The molecule has 1 heterocycles. The minimum absolute atomic E-state index is 0.0790. The van der Waals surface area contributed by atoms with Gasteiger partial charge in [0.25, 0.3) is 0 Å². The third kappa shape index (κ3) is 7.82. The second kappa shape index (κ2) is 13.6. The Morgan fingerprint density at radius 3 is 2.36 bits per heavy atom. The van der Waals surface area contributed by atoms with Crippen LogP contribution in [0.25, 0.3) is 6.08 Å². The summed E-state index contributed by atoms with van der Waals surface area (Å²) in [7, 11) is 0. The average molecular weight is 634 g/mol. The molecule has 1 fully saturated rings. The van der Waals surface area contributed by atoms with Crippen molar-refractivity contribution in [1.29, 1.82) is 0 Å². The monoisotopic (exact) mass is 632 g/mol. The lowest BCUT2D eigenvalue weighted by Crippen LogP contribution is -2.52. The van der Waals surface area contributed by atoms with Crippen molar-refractivity contribution < 1.29 is 19.1 Å². The number of hydrogen-bond acceptors (Lipinski definition) is 4. The van der Waals surface area contributed by atoms with Gasteiger partial charge in [-0.1, -0.05) is 67.0 Å². The largest absolute Gasteiger partial charge is 0.490 e. The van der Waals surface area contributed by atoms with Crippen molar-refractivity contribution in [3.8, 4) is 11.5 Å². The Morgan fingerprint density at radius 1 is 1.02 bits per heavy atom. The van der Waals surface area contributed by atoms with Crippen LogP contribution in [-0.4, -0.2) is 31.0 Å². The van der Waals surface area contributed by atoms with Gasteiger partial charge in [-0.05, 0) is 97.2 Å². The third-order valence-corrected chi connectivity index (χ3v) is 7.85. The van der Waals surface area contributed by atoms with Crippen LogP contribution < -0.4 is 19.7 Å². The molecule has 3 aromatic rings. The maximum Gasteiger partial charge on any atom is 0.249 e. The van der Waals surface area contributed by atoms with Gasteiger partial charge in [-0.15, -0.1) is 0 Å². The molecule has 0 radical (unpaired) electrons. The van der Waals surface area contributed by atoms with Crippen molar-refractivity contribution in [3.63, 3.8) is 0 Å². The molecule has 6 nitrogen and oxygen atoms in total. The fraction of sp³-hybridized carbons (Fsp3) is 0.371. The Balaban J connectivity index is 1.39.